The van der Waals surface area contributed by atoms with E-state index in [1.165, 1.54) is 11.3 Å². The predicted molar refractivity (Wildman–Crippen MR) is 103 cm³/mol. The molecule has 3 aromatic rings. The number of hydrogen-bond donors (Lipinski definition) is 1. The molecule has 1 aromatic heterocycles. The number of hydrogen-bond acceptors (Lipinski definition) is 5. The SMILES string of the molecule is C[C@H](Oc1ccc(Br)cc1)C(=O)Nc1nnc(-c2ccc(Cl)cc2)s1. The Labute approximate surface area is 162 Å². The monoisotopic (exact) mass is 437 g/mol. The van der Waals surface area contributed by atoms with Crippen LogP contribution in [0.4, 0.5) is 5.13 Å². The van der Waals surface area contributed by atoms with Gasteiger partial charge in [0.15, 0.2) is 6.10 Å². The maximum Gasteiger partial charge on any atom is 0.266 e. The molecule has 0 saturated heterocycles. The van der Waals surface area contributed by atoms with Crippen LogP contribution in [0.2, 0.25) is 5.02 Å². The molecule has 2 aromatic carbocycles. The van der Waals surface area contributed by atoms with Gasteiger partial charge in [0.25, 0.3) is 5.91 Å². The molecule has 25 heavy (non-hydrogen) atoms. The lowest BCUT2D eigenvalue weighted by Gasteiger charge is -2.13. The minimum atomic E-state index is -0.663. The van der Waals surface area contributed by atoms with Crippen LogP contribution in [0.1, 0.15) is 6.92 Å². The number of aromatic nitrogens is 2. The molecule has 0 aliphatic rings. The number of carbonyl (C=O) groups excluding carboxylic acids is 1. The first-order chi connectivity index (χ1) is 12.0. The highest BCUT2D eigenvalue weighted by Crippen LogP contribution is 2.27. The molecule has 1 amide bonds. The van der Waals surface area contributed by atoms with Gasteiger partial charge >= 0.3 is 0 Å². The van der Waals surface area contributed by atoms with Crippen LogP contribution in [-0.4, -0.2) is 22.2 Å². The van der Waals surface area contributed by atoms with Crippen molar-refractivity contribution in [2.45, 2.75) is 13.0 Å². The molecule has 8 heteroatoms. The van der Waals surface area contributed by atoms with Crippen LogP contribution in [0.5, 0.6) is 5.75 Å². The molecule has 0 radical (unpaired) electrons. The summed E-state index contributed by atoms with van der Waals surface area (Å²) in [6, 6.07) is 14.6. The number of ether oxygens (including phenoxy) is 1. The number of anilines is 1. The summed E-state index contributed by atoms with van der Waals surface area (Å²) in [5.41, 5.74) is 0.890. The van der Waals surface area contributed by atoms with Gasteiger partial charge in [-0.3, -0.25) is 10.1 Å². The van der Waals surface area contributed by atoms with Gasteiger partial charge in [0.2, 0.25) is 5.13 Å². The first kappa shape index (κ1) is 17.8. The van der Waals surface area contributed by atoms with Crippen molar-refractivity contribution in [2.75, 3.05) is 5.32 Å². The van der Waals surface area contributed by atoms with Crippen LogP contribution in [-0.2, 0) is 4.79 Å². The summed E-state index contributed by atoms with van der Waals surface area (Å²) in [7, 11) is 0. The maximum absolute atomic E-state index is 12.3. The standard InChI is InChI=1S/C17H13BrClN3O2S/c1-10(24-14-8-4-12(18)5-9-14)15(23)20-17-22-21-16(25-17)11-2-6-13(19)7-3-11/h2-10H,1H3,(H,20,22,23)/t10-/m0/s1. The molecule has 3 rings (SSSR count). The highest BCUT2D eigenvalue weighted by atomic mass is 79.9. The number of rotatable bonds is 5. The summed E-state index contributed by atoms with van der Waals surface area (Å²) in [6.07, 6.45) is -0.663. The summed E-state index contributed by atoms with van der Waals surface area (Å²) >= 11 is 10.5. The van der Waals surface area contributed by atoms with Crippen molar-refractivity contribution in [3.63, 3.8) is 0 Å². The molecule has 5 nitrogen and oxygen atoms in total. The maximum atomic E-state index is 12.3. The van der Waals surface area contributed by atoms with Gasteiger partial charge in [0.05, 0.1) is 0 Å². The highest BCUT2D eigenvalue weighted by Gasteiger charge is 2.17. The predicted octanol–water partition coefficient (Wildman–Crippen LogP) is 5.03. The first-order valence-electron chi connectivity index (χ1n) is 7.34. The van der Waals surface area contributed by atoms with Gasteiger partial charge in [0.1, 0.15) is 10.8 Å². The lowest BCUT2D eigenvalue weighted by molar-refractivity contribution is -0.122. The van der Waals surface area contributed by atoms with Gasteiger partial charge in [-0.15, -0.1) is 10.2 Å². The molecular formula is C17H13BrClN3O2S. The van der Waals surface area contributed by atoms with Gasteiger partial charge in [-0.25, -0.2) is 0 Å². The summed E-state index contributed by atoms with van der Waals surface area (Å²) in [6.45, 7) is 1.68. The van der Waals surface area contributed by atoms with E-state index in [4.69, 9.17) is 16.3 Å². The van der Waals surface area contributed by atoms with E-state index in [2.05, 4.69) is 31.4 Å². The minimum absolute atomic E-state index is 0.290. The van der Waals surface area contributed by atoms with Crippen molar-refractivity contribution < 1.29 is 9.53 Å². The quantitative estimate of drug-likeness (QED) is 0.607. The third-order valence-electron chi connectivity index (χ3n) is 3.24. The van der Waals surface area contributed by atoms with E-state index in [1.807, 2.05) is 24.3 Å². The van der Waals surface area contributed by atoms with Crippen LogP contribution in [0.3, 0.4) is 0 Å². The Morgan fingerprint density at radius 2 is 1.84 bits per heavy atom. The number of halogens is 2. The molecule has 0 bridgehead atoms. The Kier molecular flexibility index (Phi) is 5.67. The topological polar surface area (TPSA) is 64.1 Å². The van der Waals surface area contributed by atoms with Crippen LogP contribution in [0.25, 0.3) is 10.6 Å². The van der Waals surface area contributed by atoms with E-state index in [0.717, 1.165) is 10.0 Å². The molecule has 0 unspecified atom stereocenters. The van der Waals surface area contributed by atoms with Gasteiger partial charge in [-0.05, 0) is 43.3 Å². The lowest BCUT2D eigenvalue weighted by Crippen LogP contribution is -2.30. The number of amides is 1. The second-order valence-corrected chi connectivity index (χ2v) is 7.45. The highest BCUT2D eigenvalue weighted by molar-refractivity contribution is 9.10. The van der Waals surface area contributed by atoms with Crippen molar-refractivity contribution >= 4 is 49.9 Å². The Morgan fingerprint density at radius 3 is 2.52 bits per heavy atom. The lowest BCUT2D eigenvalue weighted by atomic mass is 10.2. The molecule has 0 aliphatic heterocycles. The zero-order valence-electron chi connectivity index (χ0n) is 13.1. The van der Waals surface area contributed by atoms with E-state index in [-0.39, 0.29) is 5.91 Å². The fraction of sp³-hybridized carbons (Fsp3) is 0.118. The van der Waals surface area contributed by atoms with Gasteiger partial charge in [-0.2, -0.15) is 0 Å². The Balaban J connectivity index is 1.62. The largest absolute Gasteiger partial charge is 0.481 e. The summed E-state index contributed by atoms with van der Waals surface area (Å²) < 4.78 is 6.56. The fourth-order valence-corrected chi connectivity index (χ4v) is 3.10. The Bertz CT molecular complexity index is 868. The minimum Gasteiger partial charge on any atom is -0.481 e. The average molecular weight is 439 g/mol. The average Bonchev–Trinajstić information content (AvgIpc) is 3.06. The molecule has 0 fully saturated rings. The number of carbonyl (C=O) groups is 1. The Morgan fingerprint density at radius 1 is 1.16 bits per heavy atom. The van der Waals surface area contributed by atoms with Crippen molar-refractivity contribution in [1.29, 1.82) is 0 Å². The second kappa shape index (κ2) is 7.95. The first-order valence-corrected chi connectivity index (χ1v) is 9.32. The fourth-order valence-electron chi connectivity index (χ4n) is 1.96. The molecule has 1 atom stereocenters. The molecular weight excluding hydrogens is 426 g/mol. The number of benzene rings is 2. The van der Waals surface area contributed by atoms with E-state index < -0.39 is 6.10 Å². The van der Waals surface area contributed by atoms with Crippen LogP contribution in [0, 0.1) is 0 Å². The zero-order valence-corrected chi connectivity index (χ0v) is 16.2. The normalized spacial score (nSPS) is 11.8. The smallest absolute Gasteiger partial charge is 0.266 e. The number of nitrogens with one attached hydrogen (secondary N) is 1. The van der Waals surface area contributed by atoms with Crippen molar-refractivity contribution in [2.24, 2.45) is 0 Å². The second-order valence-electron chi connectivity index (χ2n) is 5.12. The van der Waals surface area contributed by atoms with Crippen LogP contribution < -0.4 is 10.1 Å². The molecule has 1 N–H and O–H groups in total. The van der Waals surface area contributed by atoms with Crippen molar-refractivity contribution in [3.05, 3.63) is 58.0 Å². The zero-order chi connectivity index (χ0) is 17.8. The Hall–Kier alpha value is -1.96. The molecule has 128 valence electrons. The van der Waals surface area contributed by atoms with Crippen LogP contribution >= 0.6 is 38.9 Å². The summed E-state index contributed by atoms with van der Waals surface area (Å²) in [5, 5.41) is 12.6. The van der Waals surface area contributed by atoms with E-state index in [1.54, 1.807) is 31.2 Å². The van der Waals surface area contributed by atoms with E-state index >= 15 is 0 Å². The summed E-state index contributed by atoms with van der Waals surface area (Å²) in [5.74, 6) is 0.326. The molecule has 0 spiro atoms. The summed E-state index contributed by atoms with van der Waals surface area (Å²) in [4.78, 5) is 12.3. The van der Waals surface area contributed by atoms with Gasteiger partial charge in [0, 0.05) is 15.1 Å². The third kappa shape index (κ3) is 4.78. The van der Waals surface area contributed by atoms with Crippen molar-refractivity contribution in [1.82, 2.24) is 10.2 Å². The van der Waals surface area contributed by atoms with Gasteiger partial charge < -0.3 is 4.74 Å². The van der Waals surface area contributed by atoms with E-state index in [0.29, 0.717) is 20.9 Å². The molecule has 1 heterocycles. The molecule has 0 saturated carbocycles. The van der Waals surface area contributed by atoms with Gasteiger partial charge in [-0.1, -0.05) is 51.0 Å². The van der Waals surface area contributed by atoms with E-state index in [9.17, 15) is 4.79 Å². The molecule has 0 aliphatic carbocycles. The van der Waals surface area contributed by atoms with Crippen molar-refractivity contribution in [3.8, 4) is 16.3 Å². The van der Waals surface area contributed by atoms with Crippen LogP contribution in [0.15, 0.2) is 53.0 Å². The number of nitrogens with zero attached hydrogens (tertiary/aromatic N) is 2. The third-order valence-corrected chi connectivity index (χ3v) is 4.91.